The van der Waals surface area contributed by atoms with Gasteiger partial charge in [0.25, 0.3) is 0 Å². The lowest BCUT2D eigenvalue weighted by Crippen LogP contribution is -2.17. The first-order chi connectivity index (χ1) is 10.3. The molecule has 0 saturated heterocycles. The number of nitrogens with two attached hydrogens (primary N) is 1. The molecule has 0 bridgehead atoms. The molecule has 0 aliphatic heterocycles. The molecule has 4 nitrogen and oxygen atoms in total. The highest BCUT2D eigenvalue weighted by atomic mass is 16.5. The Morgan fingerprint density at radius 3 is 2.67 bits per heavy atom. The van der Waals surface area contributed by atoms with E-state index in [1.807, 2.05) is 0 Å². The van der Waals surface area contributed by atoms with Crippen molar-refractivity contribution in [1.29, 1.82) is 0 Å². The summed E-state index contributed by atoms with van der Waals surface area (Å²) in [7, 11) is 0. The average Bonchev–Trinajstić information content (AvgIpc) is 3.17. The minimum atomic E-state index is 0.410. The van der Waals surface area contributed by atoms with Crippen LogP contribution in [-0.4, -0.2) is 16.7 Å². The second-order valence-electron chi connectivity index (χ2n) is 7.03. The smallest absolute Gasteiger partial charge is 0.230 e. The first kappa shape index (κ1) is 15.0. The van der Waals surface area contributed by atoms with Crippen LogP contribution in [0.25, 0.3) is 0 Å². The van der Waals surface area contributed by atoms with E-state index in [-0.39, 0.29) is 0 Å². The monoisotopic (exact) mass is 291 g/mol. The van der Waals surface area contributed by atoms with Crippen molar-refractivity contribution in [2.45, 2.75) is 76.5 Å². The lowest BCUT2D eigenvalue weighted by Gasteiger charge is -2.26. The summed E-state index contributed by atoms with van der Waals surface area (Å²) >= 11 is 0. The van der Waals surface area contributed by atoms with E-state index in [0.29, 0.717) is 17.8 Å². The van der Waals surface area contributed by atoms with Crippen LogP contribution >= 0.6 is 0 Å². The summed E-state index contributed by atoms with van der Waals surface area (Å²) in [6.45, 7) is 3.03. The Morgan fingerprint density at radius 2 is 1.95 bits per heavy atom. The van der Waals surface area contributed by atoms with Crippen LogP contribution in [0, 0.1) is 11.8 Å². The Morgan fingerprint density at radius 1 is 1.14 bits per heavy atom. The van der Waals surface area contributed by atoms with Gasteiger partial charge in [-0.2, -0.15) is 4.98 Å². The van der Waals surface area contributed by atoms with Gasteiger partial charge in [0, 0.05) is 11.8 Å². The Labute approximate surface area is 127 Å². The van der Waals surface area contributed by atoms with E-state index in [4.69, 9.17) is 15.2 Å². The highest BCUT2D eigenvalue weighted by Crippen LogP contribution is 2.40. The Kier molecular flexibility index (Phi) is 4.94. The number of nitrogens with zero attached hydrogens (tertiary/aromatic N) is 2. The normalized spacial score (nSPS) is 33.4. The zero-order valence-corrected chi connectivity index (χ0v) is 13.3. The lowest BCUT2D eigenvalue weighted by atomic mass is 9.80. The Bertz CT molecular complexity index is 437. The zero-order valence-electron chi connectivity index (χ0n) is 13.3. The molecule has 2 atom stereocenters. The number of hydrogen-bond acceptors (Lipinski definition) is 4. The highest BCUT2D eigenvalue weighted by molar-refractivity contribution is 5.04. The summed E-state index contributed by atoms with van der Waals surface area (Å²) in [4.78, 5) is 4.75. The van der Waals surface area contributed by atoms with Crippen molar-refractivity contribution in [3.63, 3.8) is 0 Å². The molecular weight excluding hydrogens is 262 g/mol. The van der Waals surface area contributed by atoms with E-state index < -0.39 is 0 Å². The molecule has 2 aliphatic rings. The molecule has 2 saturated carbocycles. The summed E-state index contributed by atoms with van der Waals surface area (Å²) < 4.78 is 5.59. The summed E-state index contributed by atoms with van der Waals surface area (Å²) in [5.74, 6) is 4.21. The molecule has 1 heterocycles. The summed E-state index contributed by atoms with van der Waals surface area (Å²) in [6, 6.07) is 0. The van der Waals surface area contributed by atoms with Crippen LogP contribution in [0.3, 0.4) is 0 Å². The van der Waals surface area contributed by atoms with Crippen molar-refractivity contribution in [2.75, 3.05) is 6.54 Å². The topological polar surface area (TPSA) is 64.9 Å². The van der Waals surface area contributed by atoms with E-state index >= 15 is 0 Å². The van der Waals surface area contributed by atoms with Crippen LogP contribution in [0.4, 0.5) is 0 Å². The van der Waals surface area contributed by atoms with Crippen molar-refractivity contribution in [3.05, 3.63) is 11.7 Å². The van der Waals surface area contributed by atoms with E-state index in [1.54, 1.807) is 0 Å². The molecule has 0 spiro atoms. The third-order valence-electron chi connectivity index (χ3n) is 5.65. The van der Waals surface area contributed by atoms with Crippen molar-refractivity contribution in [1.82, 2.24) is 10.1 Å². The van der Waals surface area contributed by atoms with Gasteiger partial charge in [0.2, 0.25) is 5.89 Å². The minimum Gasteiger partial charge on any atom is -0.339 e. The fourth-order valence-electron chi connectivity index (χ4n) is 4.33. The van der Waals surface area contributed by atoms with Gasteiger partial charge in [-0.05, 0) is 56.9 Å². The molecule has 2 fully saturated rings. The maximum absolute atomic E-state index is 5.87. The predicted molar refractivity (Wildman–Crippen MR) is 83.0 cm³/mol. The van der Waals surface area contributed by atoms with Crippen LogP contribution in [-0.2, 0) is 0 Å². The molecule has 0 aromatic carbocycles. The van der Waals surface area contributed by atoms with Crippen molar-refractivity contribution in [2.24, 2.45) is 17.6 Å². The molecule has 118 valence electrons. The van der Waals surface area contributed by atoms with E-state index in [9.17, 15) is 0 Å². The van der Waals surface area contributed by atoms with E-state index in [1.165, 1.54) is 51.4 Å². The number of aromatic nitrogens is 2. The fourth-order valence-corrected chi connectivity index (χ4v) is 4.33. The number of hydrogen-bond donors (Lipinski definition) is 1. The molecule has 2 N–H and O–H groups in total. The van der Waals surface area contributed by atoms with Crippen LogP contribution in [0.2, 0.25) is 0 Å². The van der Waals surface area contributed by atoms with Gasteiger partial charge in [-0.25, -0.2) is 0 Å². The third-order valence-corrected chi connectivity index (χ3v) is 5.65. The molecule has 1 aromatic rings. The first-order valence-electron chi connectivity index (χ1n) is 8.85. The van der Waals surface area contributed by atoms with Crippen LogP contribution in [0.1, 0.15) is 88.3 Å². The molecule has 2 aliphatic carbocycles. The van der Waals surface area contributed by atoms with Gasteiger partial charge in [0.1, 0.15) is 0 Å². The first-order valence-corrected chi connectivity index (χ1v) is 8.85. The average molecular weight is 291 g/mol. The molecule has 0 radical (unpaired) electrons. The van der Waals surface area contributed by atoms with E-state index in [2.05, 4.69) is 12.1 Å². The zero-order chi connectivity index (χ0) is 14.7. The summed E-state index contributed by atoms with van der Waals surface area (Å²) in [6.07, 6.45) is 11.4. The quantitative estimate of drug-likeness (QED) is 0.891. The maximum atomic E-state index is 5.87. The van der Waals surface area contributed by atoms with Gasteiger partial charge in [-0.15, -0.1) is 0 Å². The lowest BCUT2D eigenvalue weighted by molar-refractivity contribution is 0.291. The van der Waals surface area contributed by atoms with Crippen molar-refractivity contribution < 1.29 is 4.52 Å². The van der Waals surface area contributed by atoms with Gasteiger partial charge >= 0.3 is 0 Å². The molecule has 1 aromatic heterocycles. The summed E-state index contributed by atoms with van der Waals surface area (Å²) in [5.41, 5.74) is 5.87. The third kappa shape index (κ3) is 3.31. The van der Waals surface area contributed by atoms with Gasteiger partial charge in [-0.1, -0.05) is 31.3 Å². The standard InChI is InChI=1S/C17H29N3O/c1-2-4-12-7-9-13(10-8-12)16-19-17(21-20-16)15-6-3-5-14(15)11-18/h12-15H,2-11,18H2,1H3. The fraction of sp³-hybridized carbons (Fsp3) is 0.882. The second kappa shape index (κ2) is 6.91. The number of rotatable bonds is 5. The van der Waals surface area contributed by atoms with Gasteiger partial charge in [0.15, 0.2) is 5.82 Å². The van der Waals surface area contributed by atoms with Crippen molar-refractivity contribution in [3.8, 4) is 0 Å². The van der Waals surface area contributed by atoms with Gasteiger partial charge < -0.3 is 10.3 Å². The Hall–Kier alpha value is -0.900. The second-order valence-corrected chi connectivity index (χ2v) is 7.03. The van der Waals surface area contributed by atoms with Crippen molar-refractivity contribution >= 4 is 0 Å². The largest absolute Gasteiger partial charge is 0.339 e. The maximum Gasteiger partial charge on any atom is 0.230 e. The molecule has 4 heteroatoms. The molecule has 2 unspecified atom stereocenters. The SMILES string of the molecule is CCCC1CCC(c2noc(C3CCCC3CN)n2)CC1. The molecular formula is C17H29N3O. The molecule has 0 amide bonds. The predicted octanol–water partition coefficient (Wildman–Crippen LogP) is 3.99. The van der Waals surface area contributed by atoms with Crippen LogP contribution in [0.5, 0.6) is 0 Å². The summed E-state index contributed by atoms with van der Waals surface area (Å²) in [5, 5.41) is 4.30. The highest BCUT2D eigenvalue weighted by Gasteiger charge is 2.33. The molecule has 3 rings (SSSR count). The van der Waals surface area contributed by atoms with Gasteiger partial charge in [0.05, 0.1) is 0 Å². The van der Waals surface area contributed by atoms with Crippen LogP contribution in [0.15, 0.2) is 4.52 Å². The minimum absolute atomic E-state index is 0.410. The molecule has 21 heavy (non-hydrogen) atoms. The van der Waals surface area contributed by atoms with Crippen LogP contribution < -0.4 is 5.73 Å². The Balaban J connectivity index is 1.60. The van der Waals surface area contributed by atoms with Gasteiger partial charge in [-0.3, -0.25) is 0 Å². The van der Waals surface area contributed by atoms with E-state index in [0.717, 1.165) is 30.6 Å².